The first kappa shape index (κ1) is 21.6. The van der Waals surface area contributed by atoms with Crippen LogP contribution >= 0.6 is 0 Å². The number of anilines is 1. The number of hydrogen-bond acceptors (Lipinski definition) is 8. The molecule has 1 saturated carbocycles. The summed E-state index contributed by atoms with van der Waals surface area (Å²) in [4.78, 5) is 13.9. The number of benzene rings is 1. The Hall–Kier alpha value is -2.65. The number of ether oxygens (including phenoxy) is 1. The molecule has 8 nitrogen and oxygen atoms in total. The fraction of sp³-hybridized carbons (Fsp3) is 0.500. The van der Waals surface area contributed by atoms with E-state index in [0.29, 0.717) is 11.9 Å². The van der Waals surface area contributed by atoms with Gasteiger partial charge in [-0.25, -0.2) is 9.97 Å². The van der Waals surface area contributed by atoms with E-state index in [9.17, 15) is 5.02 Å². The van der Waals surface area contributed by atoms with Gasteiger partial charge in [-0.1, -0.05) is 5.16 Å². The lowest BCUT2D eigenvalue weighted by Gasteiger charge is -2.35. The Morgan fingerprint density at radius 2 is 1.94 bits per heavy atom. The molecule has 0 aliphatic heterocycles. The van der Waals surface area contributed by atoms with Crippen molar-refractivity contribution < 1.29 is 14.6 Å². The maximum Gasteiger partial charge on any atom is 0.373 e. The third-order valence-electron chi connectivity index (χ3n) is 6.23. The van der Waals surface area contributed by atoms with Gasteiger partial charge in [-0.15, -0.1) is 0 Å². The quantitative estimate of drug-likeness (QED) is 0.500. The number of hydrogen-bond donors (Lipinski definition) is 3. The van der Waals surface area contributed by atoms with Crippen LogP contribution in [0.25, 0.3) is 11.3 Å². The molecule has 0 atom stereocenters. The van der Waals surface area contributed by atoms with Crippen LogP contribution in [0.1, 0.15) is 50.7 Å². The molecule has 2 aromatic rings. The molecule has 31 heavy (non-hydrogen) atoms. The smallest absolute Gasteiger partial charge is 0.373 e. The summed E-state index contributed by atoms with van der Waals surface area (Å²) in [6.07, 6.45) is 5.49. The molecule has 0 amide bonds. The number of fused-ring (bicyclic) bond motifs is 3. The van der Waals surface area contributed by atoms with Gasteiger partial charge in [0.15, 0.2) is 0 Å². The molecule has 1 heterocycles. The number of aromatic nitrogens is 2. The van der Waals surface area contributed by atoms with E-state index in [4.69, 9.17) is 15.3 Å². The van der Waals surface area contributed by atoms with Gasteiger partial charge >= 0.3 is 7.05 Å². The van der Waals surface area contributed by atoms with Crippen LogP contribution in [-0.4, -0.2) is 47.0 Å². The molecule has 2 aliphatic rings. The van der Waals surface area contributed by atoms with Crippen molar-refractivity contribution >= 4 is 18.6 Å². The first-order valence-corrected chi connectivity index (χ1v) is 10.8. The Morgan fingerprint density at radius 3 is 2.61 bits per heavy atom. The average molecular weight is 423 g/mol. The molecule has 0 bridgehead atoms. The van der Waals surface area contributed by atoms with Gasteiger partial charge in [0.05, 0.1) is 17.5 Å². The summed E-state index contributed by atoms with van der Waals surface area (Å²) in [7, 11) is 1.06. The second-order valence-electron chi connectivity index (χ2n) is 8.87. The first-order valence-electron chi connectivity index (χ1n) is 10.8. The fourth-order valence-corrected chi connectivity index (χ4v) is 4.81. The summed E-state index contributed by atoms with van der Waals surface area (Å²) in [5, 5.41) is 17.1. The highest BCUT2D eigenvalue weighted by atomic mass is 16.6. The van der Waals surface area contributed by atoms with Gasteiger partial charge in [0.25, 0.3) is 0 Å². The summed E-state index contributed by atoms with van der Waals surface area (Å²) < 4.78 is 6.34. The summed E-state index contributed by atoms with van der Waals surface area (Å²) in [6, 6.07) is 6.35. The van der Waals surface area contributed by atoms with Crippen LogP contribution in [0.3, 0.4) is 0 Å². The van der Waals surface area contributed by atoms with Crippen molar-refractivity contribution in [1.82, 2.24) is 15.2 Å². The van der Waals surface area contributed by atoms with Crippen LogP contribution in [0, 0.1) is 0 Å². The SMILES string of the molecule is CO/N=C1\c2cc(OC3CCC(NB(C)O)CC3)ccc2-c2ncnc(N)c2C1(C)C. The molecule has 0 saturated heterocycles. The number of oxime groups is 1. The van der Waals surface area contributed by atoms with Crippen LogP contribution in [0.4, 0.5) is 5.82 Å². The summed E-state index contributed by atoms with van der Waals surface area (Å²) >= 11 is 0. The molecule has 0 unspecified atom stereocenters. The molecule has 4 N–H and O–H groups in total. The Kier molecular flexibility index (Phi) is 5.90. The highest BCUT2D eigenvalue weighted by molar-refractivity contribution is 6.45. The van der Waals surface area contributed by atoms with Gasteiger partial charge < -0.3 is 25.6 Å². The average Bonchev–Trinajstić information content (AvgIpc) is 2.72. The Bertz CT molecular complexity index is 987. The van der Waals surface area contributed by atoms with E-state index < -0.39 is 12.5 Å². The van der Waals surface area contributed by atoms with Crippen LogP contribution in [-0.2, 0) is 10.3 Å². The molecule has 9 heteroatoms. The minimum absolute atomic E-state index is 0.148. The van der Waals surface area contributed by atoms with E-state index in [2.05, 4.69) is 34.2 Å². The zero-order valence-corrected chi connectivity index (χ0v) is 18.6. The van der Waals surface area contributed by atoms with Crippen molar-refractivity contribution in [2.75, 3.05) is 12.8 Å². The van der Waals surface area contributed by atoms with Crippen molar-refractivity contribution in [3.63, 3.8) is 0 Å². The van der Waals surface area contributed by atoms with Crippen LogP contribution in [0.15, 0.2) is 29.7 Å². The summed E-state index contributed by atoms with van der Waals surface area (Å²) in [6.45, 7) is 5.86. The van der Waals surface area contributed by atoms with E-state index in [-0.39, 0.29) is 6.10 Å². The van der Waals surface area contributed by atoms with Gasteiger partial charge in [0.2, 0.25) is 0 Å². The number of nitrogens with two attached hydrogens (primary N) is 1. The zero-order valence-electron chi connectivity index (χ0n) is 18.6. The van der Waals surface area contributed by atoms with Crippen LogP contribution in [0.5, 0.6) is 5.75 Å². The van der Waals surface area contributed by atoms with Gasteiger partial charge in [-0.05, 0) is 70.6 Å². The Morgan fingerprint density at radius 1 is 1.19 bits per heavy atom. The maximum absolute atomic E-state index is 9.54. The first-order chi connectivity index (χ1) is 14.8. The largest absolute Gasteiger partial charge is 0.490 e. The second kappa shape index (κ2) is 8.47. The molecular formula is C22H30BN5O3. The zero-order chi connectivity index (χ0) is 22.2. The topological polar surface area (TPSA) is 115 Å². The van der Waals surface area contributed by atoms with Gasteiger partial charge in [-0.2, -0.15) is 0 Å². The van der Waals surface area contributed by atoms with Crippen molar-refractivity contribution in [3.05, 3.63) is 35.7 Å². The van der Waals surface area contributed by atoms with E-state index in [0.717, 1.165) is 59.5 Å². The highest BCUT2D eigenvalue weighted by Crippen LogP contribution is 2.45. The van der Waals surface area contributed by atoms with Crippen LogP contribution in [0.2, 0.25) is 6.82 Å². The molecule has 2 aliphatic carbocycles. The lowest BCUT2D eigenvalue weighted by atomic mass is 9.70. The van der Waals surface area contributed by atoms with E-state index in [1.807, 2.05) is 18.2 Å². The third-order valence-corrected chi connectivity index (χ3v) is 6.23. The van der Waals surface area contributed by atoms with E-state index in [1.54, 1.807) is 13.9 Å². The maximum atomic E-state index is 9.54. The van der Waals surface area contributed by atoms with Gasteiger partial charge in [-0.3, -0.25) is 0 Å². The number of nitrogens with one attached hydrogen (secondary N) is 1. The van der Waals surface area contributed by atoms with Crippen molar-refractivity contribution in [1.29, 1.82) is 0 Å². The second-order valence-corrected chi connectivity index (χ2v) is 8.87. The van der Waals surface area contributed by atoms with Gasteiger partial charge in [0.1, 0.15) is 25.0 Å². The lowest BCUT2D eigenvalue weighted by Crippen LogP contribution is -2.43. The minimum Gasteiger partial charge on any atom is -0.490 e. The predicted octanol–water partition coefficient (Wildman–Crippen LogP) is 2.76. The van der Waals surface area contributed by atoms with Gasteiger partial charge in [0, 0.05) is 22.1 Å². The predicted molar refractivity (Wildman–Crippen MR) is 122 cm³/mol. The third kappa shape index (κ3) is 4.12. The number of nitrogens with zero attached hydrogens (tertiary/aromatic N) is 3. The normalized spacial score (nSPS) is 23.1. The standard InChI is InChI=1S/C22H30BN5O3/c1-22(2)18-19(25-12-26-21(18)24)16-10-9-15(11-17(16)20(22)28-30-4)31-14-7-5-13(6-8-14)27-23(3)29/h9-14,27,29H,5-8H2,1-4H3,(H2,24,25,26)/b28-20+. The monoisotopic (exact) mass is 423 g/mol. The molecular weight excluding hydrogens is 393 g/mol. The summed E-state index contributed by atoms with van der Waals surface area (Å²) in [5.41, 5.74) is 10.0. The number of rotatable bonds is 5. The molecule has 1 aromatic carbocycles. The van der Waals surface area contributed by atoms with Crippen molar-refractivity contribution in [3.8, 4) is 17.0 Å². The van der Waals surface area contributed by atoms with Crippen molar-refractivity contribution in [2.24, 2.45) is 5.16 Å². The molecule has 1 fully saturated rings. The molecule has 4 rings (SSSR count). The van der Waals surface area contributed by atoms with Crippen molar-refractivity contribution in [2.45, 2.75) is 63.9 Å². The molecule has 164 valence electrons. The number of nitrogen functional groups attached to an aromatic ring is 1. The summed E-state index contributed by atoms with van der Waals surface area (Å²) in [5.74, 6) is 1.25. The minimum atomic E-state index is -0.521. The van der Waals surface area contributed by atoms with Crippen LogP contribution < -0.4 is 15.7 Å². The fourth-order valence-electron chi connectivity index (χ4n) is 4.81. The molecule has 0 spiro atoms. The van der Waals surface area contributed by atoms with E-state index >= 15 is 0 Å². The lowest BCUT2D eigenvalue weighted by molar-refractivity contribution is 0.143. The highest BCUT2D eigenvalue weighted by Gasteiger charge is 2.41. The Labute approximate surface area is 183 Å². The molecule has 1 aromatic heterocycles. The van der Waals surface area contributed by atoms with E-state index in [1.165, 1.54) is 6.33 Å². The molecule has 0 radical (unpaired) electrons. The Balaban J connectivity index is 1.63.